The number of nitriles is 1. The molecule has 2 atom stereocenters. The number of hydrogen-bond acceptors (Lipinski definition) is 4. The lowest BCUT2D eigenvalue weighted by molar-refractivity contribution is -0.145. The lowest BCUT2D eigenvalue weighted by Crippen LogP contribution is -2.23. The van der Waals surface area contributed by atoms with E-state index in [1.165, 1.54) is 7.11 Å². The fraction of sp³-hybridized carbons (Fsp3) is 0.385. The van der Waals surface area contributed by atoms with E-state index in [4.69, 9.17) is 10.00 Å². The minimum atomic E-state index is -0.215. The number of halogens is 1. The molecule has 0 bridgehead atoms. The highest BCUT2D eigenvalue weighted by Gasteiger charge is 2.35. The summed E-state index contributed by atoms with van der Waals surface area (Å²) in [5.41, 5.74) is 1.56. The number of nitrogens with zero attached hydrogens (tertiary/aromatic N) is 1. The van der Waals surface area contributed by atoms with Crippen LogP contribution in [0.2, 0.25) is 0 Å². The Morgan fingerprint density at radius 1 is 1.44 bits per heavy atom. The molecule has 0 unspecified atom stereocenters. The largest absolute Gasteiger partial charge is 0.469 e. The Kier molecular flexibility index (Phi) is 5.14. The van der Waals surface area contributed by atoms with Gasteiger partial charge in [-0.25, -0.2) is 0 Å². The number of hydrogen-bond donors (Lipinski definition) is 1. The van der Waals surface area contributed by atoms with Crippen molar-refractivity contribution < 1.29 is 9.53 Å². The fourth-order valence-electron chi connectivity index (χ4n) is 2.33. The number of methoxy groups -OCH3 is 1. The van der Waals surface area contributed by atoms with Crippen LogP contribution in [0.25, 0.3) is 0 Å². The zero-order valence-corrected chi connectivity index (χ0v) is 10.9. The quantitative estimate of drug-likeness (QED) is 0.823. The van der Waals surface area contributed by atoms with Gasteiger partial charge in [-0.3, -0.25) is 4.79 Å². The van der Waals surface area contributed by atoms with Crippen LogP contribution < -0.4 is 5.32 Å². The van der Waals surface area contributed by atoms with Crippen LogP contribution in [0.3, 0.4) is 0 Å². The number of rotatable bonds is 2. The molecule has 1 aliphatic heterocycles. The van der Waals surface area contributed by atoms with Gasteiger partial charge in [0.2, 0.25) is 0 Å². The molecule has 1 fully saturated rings. The Morgan fingerprint density at radius 2 is 2.17 bits per heavy atom. The second-order valence-electron chi connectivity index (χ2n) is 4.09. The van der Waals surface area contributed by atoms with Crippen molar-refractivity contribution in [1.82, 2.24) is 5.32 Å². The summed E-state index contributed by atoms with van der Waals surface area (Å²) >= 11 is 0. The maximum Gasteiger partial charge on any atom is 0.310 e. The van der Waals surface area contributed by atoms with E-state index in [0.717, 1.165) is 5.56 Å². The summed E-state index contributed by atoms with van der Waals surface area (Å²) in [5, 5.41) is 12.3. The third-order valence-corrected chi connectivity index (χ3v) is 3.20. The zero-order valence-electron chi connectivity index (χ0n) is 10.1. The average molecular weight is 267 g/mol. The van der Waals surface area contributed by atoms with E-state index in [0.29, 0.717) is 18.7 Å². The predicted octanol–water partition coefficient (Wildman–Crippen LogP) is 1.46. The van der Waals surface area contributed by atoms with Crippen molar-refractivity contribution >= 4 is 18.4 Å². The Labute approximate surface area is 112 Å². The van der Waals surface area contributed by atoms with Crippen LogP contribution in [-0.4, -0.2) is 26.2 Å². The van der Waals surface area contributed by atoms with Crippen LogP contribution in [-0.2, 0) is 9.53 Å². The predicted molar refractivity (Wildman–Crippen MR) is 69.5 cm³/mol. The van der Waals surface area contributed by atoms with Gasteiger partial charge in [-0.05, 0) is 11.6 Å². The molecular formula is C13H15ClN2O2. The number of esters is 1. The highest BCUT2D eigenvalue weighted by molar-refractivity contribution is 5.85. The summed E-state index contributed by atoms with van der Waals surface area (Å²) < 4.78 is 4.80. The molecule has 1 aromatic carbocycles. The molecule has 1 aromatic rings. The highest BCUT2D eigenvalue weighted by atomic mass is 35.5. The molecule has 0 radical (unpaired) electrons. The van der Waals surface area contributed by atoms with Gasteiger partial charge in [0.25, 0.3) is 0 Å². The van der Waals surface area contributed by atoms with Crippen LogP contribution in [0.1, 0.15) is 17.0 Å². The van der Waals surface area contributed by atoms with E-state index in [-0.39, 0.29) is 30.2 Å². The molecule has 1 saturated heterocycles. The Hall–Kier alpha value is -1.57. The molecule has 0 aromatic heterocycles. The minimum absolute atomic E-state index is 0. The Morgan fingerprint density at radius 3 is 2.83 bits per heavy atom. The molecule has 5 heteroatoms. The van der Waals surface area contributed by atoms with Gasteiger partial charge in [-0.15, -0.1) is 12.4 Å². The topological polar surface area (TPSA) is 62.1 Å². The van der Waals surface area contributed by atoms with Gasteiger partial charge in [0.05, 0.1) is 24.7 Å². The molecule has 18 heavy (non-hydrogen) atoms. The molecule has 0 amide bonds. The second-order valence-corrected chi connectivity index (χ2v) is 4.09. The van der Waals surface area contributed by atoms with Crippen molar-refractivity contribution in [3.63, 3.8) is 0 Å². The molecule has 1 N–H and O–H groups in total. The first-order chi connectivity index (χ1) is 8.27. The molecule has 0 aliphatic carbocycles. The van der Waals surface area contributed by atoms with Crippen molar-refractivity contribution in [2.24, 2.45) is 5.92 Å². The maximum absolute atomic E-state index is 11.7. The van der Waals surface area contributed by atoms with Crippen molar-refractivity contribution in [3.8, 4) is 6.07 Å². The number of ether oxygens (including phenoxy) is 1. The standard InChI is InChI=1S/C13H14N2O2.ClH/c1-17-13(16)12-8-15-7-11(12)10-5-3-2-4-9(10)6-14;/h2-5,11-12,15H,7-8H2,1H3;1H/t11-,12+;/m1./s1. The van der Waals surface area contributed by atoms with Crippen molar-refractivity contribution in [3.05, 3.63) is 35.4 Å². The number of carbonyl (C=O) groups is 1. The fourth-order valence-corrected chi connectivity index (χ4v) is 2.33. The molecule has 4 nitrogen and oxygen atoms in total. The van der Waals surface area contributed by atoms with Gasteiger partial charge < -0.3 is 10.1 Å². The SMILES string of the molecule is COC(=O)[C@H]1CNC[C@@H]1c1ccccc1C#N.Cl. The lowest BCUT2D eigenvalue weighted by Gasteiger charge is -2.17. The molecule has 1 aliphatic rings. The zero-order chi connectivity index (χ0) is 12.3. The van der Waals surface area contributed by atoms with E-state index in [1.807, 2.05) is 18.2 Å². The molecule has 2 rings (SSSR count). The van der Waals surface area contributed by atoms with E-state index in [9.17, 15) is 4.79 Å². The van der Waals surface area contributed by atoms with Crippen LogP contribution in [0.5, 0.6) is 0 Å². The molecule has 0 spiro atoms. The van der Waals surface area contributed by atoms with Gasteiger partial charge in [0.1, 0.15) is 0 Å². The summed E-state index contributed by atoms with van der Waals surface area (Å²) in [5.74, 6) is -0.388. The van der Waals surface area contributed by atoms with Gasteiger partial charge in [-0.2, -0.15) is 5.26 Å². The first kappa shape index (κ1) is 14.5. The number of carbonyl (C=O) groups excluding carboxylic acids is 1. The molecule has 0 saturated carbocycles. The summed E-state index contributed by atoms with van der Waals surface area (Å²) in [6.07, 6.45) is 0. The number of nitrogens with one attached hydrogen (secondary N) is 1. The smallest absolute Gasteiger partial charge is 0.310 e. The third-order valence-electron chi connectivity index (χ3n) is 3.20. The van der Waals surface area contributed by atoms with Crippen molar-refractivity contribution in [2.45, 2.75) is 5.92 Å². The Balaban J connectivity index is 0.00000162. The maximum atomic E-state index is 11.7. The van der Waals surface area contributed by atoms with E-state index in [2.05, 4.69) is 11.4 Å². The van der Waals surface area contributed by atoms with Gasteiger partial charge in [-0.1, -0.05) is 18.2 Å². The minimum Gasteiger partial charge on any atom is -0.469 e. The normalized spacial score (nSPS) is 21.8. The lowest BCUT2D eigenvalue weighted by atomic mass is 9.86. The van der Waals surface area contributed by atoms with E-state index < -0.39 is 0 Å². The van der Waals surface area contributed by atoms with Crippen LogP contribution in [0.4, 0.5) is 0 Å². The summed E-state index contributed by atoms with van der Waals surface area (Å²) in [6.45, 7) is 1.32. The third kappa shape index (κ3) is 2.63. The summed E-state index contributed by atoms with van der Waals surface area (Å²) in [7, 11) is 1.40. The number of benzene rings is 1. The summed E-state index contributed by atoms with van der Waals surface area (Å²) in [4.78, 5) is 11.7. The Bertz CT molecular complexity index is 470. The first-order valence-corrected chi connectivity index (χ1v) is 5.55. The molecular weight excluding hydrogens is 252 g/mol. The van der Waals surface area contributed by atoms with E-state index in [1.54, 1.807) is 6.07 Å². The van der Waals surface area contributed by atoms with Crippen LogP contribution in [0.15, 0.2) is 24.3 Å². The molecule has 96 valence electrons. The van der Waals surface area contributed by atoms with Gasteiger partial charge >= 0.3 is 5.97 Å². The van der Waals surface area contributed by atoms with E-state index >= 15 is 0 Å². The monoisotopic (exact) mass is 266 g/mol. The first-order valence-electron chi connectivity index (χ1n) is 5.55. The average Bonchev–Trinajstić information content (AvgIpc) is 2.86. The van der Waals surface area contributed by atoms with Crippen molar-refractivity contribution in [1.29, 1.82) is 5.26 Å². The summed E-state index contributed by atoms with van der Waals surface area (Å²) in [6, 6.07) is 9.58. The van der Waals surface area contributed by atoms with Crippen molar-refractivity contribution in [2.75, 3.05) is 20.2 Å². The van der Waals surface area contributed by atoms with Crippen LogP contribution in [0, 0.1) is 17.2 Å². The second kappa shape index (κ2) is 6.39. The highest BCUT2D eigenvalue weighted by Crippen LogP contribution is 2.30. The molecule has 1 heterocycles. The van der Waals surface area contributed by atoms with Crippen LogP contribution >= 0.6 is 12.4 Å². The van der Waals surface area contributed by atoms with Gasteiger partial charge in [0, 0.05) is 19.0 Å². The van der Waals surface area contributed by atoms with Gasteiger partial charge in [0.15, 0.2) is 0 Å².